The van der Waals surface area contributed by atoms with Crippen molar-refractivity contribution in [2.45, 2.75) is 13.8 Å². The van der Waals surface area contributed by atoms with Crippen molar-refractivity contribution in [2.75, 3.05) is 16.0 Å². The topological polar surface area (TPSA) is 105 Å². The van der Waals surface area contributed by atoms with Crippen molar-refractivity contribution in [3.63, 3.8) is 0 Å². The second kappa shape index (κ2) is 10.3. The summed E-state index contributed by atoms with van der Waals surface area (Å²) in [7, 11) is 0. The number of benzene rings is 2. The number of nitrogens with zero attached hydrogens (tertiary/aromatic N) is 4. The van der Waals surface area contributed by atoms with Gasteiger partial charge in [0.1, 0.15) is 33.2 Å². The van der Waals surface area contributed by atoms with Crippen molar-refractivity contribution in [1.29, 1.82) is 0 Å². The minimum Gasteiger partial charge on any atom is -0.340 e. The molecule has 0 unspecified atom stereocenters. The summed E-state index contributed by atoms with van der Waals surface area (Å²) in [5, 5.41) is 10.3. The number of hydrogen-bond donors (Lipinski definition) is 3. The minimum absolute atomic E-state index is 0.176. The van der Waals surface area contributed by atoms with Crippen LogP contribution in [0.25, 0.3) is 10.6 Å². The van der Waals surface area contributed by atoms with Crippen molar-refractivity contribution in [3.05, 3.63) is 101 Å². The summed E-state index contributed by atoms with van der Waals surface area (Å²) in [6.07, 6.45) is 1.72. The summed E-state index contributed by atoms with van der Waals surface area (Å²) in [5.41, 5.74) is 3.23. The third-order valence-corrected chi connectivity index (χ3v) is 6.40. The molecule has 0 atom stereocenters. The van der Waals surface area contributed by atoms with Gasteiger partial charge >= 0.3 is 0 Å². The molecule has 2 aromatic carbocycles. The highest BCUT2D eigenvalue weighted by Gasteiger charge is 2.16. The van der Waals surface area contributed by atoms with E-state index in [4.69, 9.17) is 0 Å². The molecule has 3 heterocycles. The van der Waals surface area contributed by atoms with Gasteiger partial charge in [-0.3, -0.25) is 4.79 Å². The van der Waals surface area contributed by atoms with Crippen LogP contribution in [0.2, 0.25) is 0 Å². The second-order valence-corrected chi connectivity index (χ2v) is 8.98. The van der Waals surface area contributed by atoms with Gasteiger partial charge in [0.05, 0.1) is 5.69 Å². The Kier molecular flexibility index (Phi) is 6.63. The fourth-order valence-electron chi connectivity index (χ4n) is 3.55. The van der Waals surface area contributed by atoms with Crippen molar-refractivity contribution >= 4 is 46.1 Å². The van der Waals surface area contributed by atoms with E-state index in [0.717, 1.165) is 16.3 Å². The number of anilines is 5. The number of aryl methyl sites for hydroxylation is 2. The fraction of sp³-hybridized carbons (Fsp3) is 0.0741. The Hall–Kier alpha value is -4.63. The molecule has 0 aliphatic rings. The zero-order valence-electron chi connectivity index (χ0n) is 19.7. The average molecular weight is 494 g/mol. The number of aromatic nitrogens is 4. The SMILES string of the molecule is Cc1nc(Nc2ccc(NC(=O)c3sc(-c4ccccc4)nc3C)cc2)cc(Nc2ccccn2)n1. The number of pyridine rings is 1. The quantitative estimate of drug-likeness (QED) is 0.243. The number of nitrogens with one attached hydrogen (secondary N) is 3. The summed E-state index contributed by atoms with van der Waals surface area (Å²) in [5.74, 6) is 2.43. The molecule has 0 aliphatic heterocycles. The summed E-state index contributed by atoms with van der Waals surface area (Å²) >= 11 is 1.39. The van der Waals surface area contributed by atoms with Gasteiger partial charge in [0, 0.05) is 29.2 Å². The van der Waals surface area contributed by atoms with Crippen molar-refractivity contribution in [2.24, 2.45) is 0 Å². The van der Waals surface area contributed by atoms with Crippen LogP contribution in [0, 0.1) is 13.8 Å². The van der Waals surface area contributed by atoms with Gasteiger partial charge < -0.3 is 16.0 Å². The third-order valence-electron chi connectivity index (χ3n) is 5.20. The Morgan fingerprint density at radius 1 is 0.750 bits per heavy atom. The first-order valence-electron chi connectivity index (χ1n) is 11.3. The molecule has 0 aliphatic carbocycles. The van der Waals surface area contributed by atoms with E-state index >= 15 is 0 Å². The monoisotopic (exact) mass is 493 g/mol. The van der Waals surface area contributed by atoms with Gasteiger partial charge in [-0.2, -0.15) is 0 Å². The van der Waals surface area contributed by atoms with Crippen LogP contribution >= 0.6 is 11.3 Å². The molecule has 5 rings (SSSR count). The lowest BCUT2D eigenvalue weighted by Gasteiger charge is -2.11. The van der Waals surface area contributed by atoms with E-state index in [1.807, 2.05) is 92.7 Å². The molecule has 8 nitrogen and oxygen atoms in total. The van der Waals surface area contributed by atoms with Crippen LogP contribution in [0.15, 0.2) is 85.1 Å². The first-order valence-corrected chi connectivity index (χ1v) is 12.1. The van der Waals surface area contributed by atoms with Crippen LogP contribution in [-0.2, 0) is 0 Å². The molecule has 0 fully saturated rings. The van der Waals surface area contributed by atoms with Crippen molar-refractivity contribution < 1.29 is 4.79 Å². The Bertz CT molecular complexity index is 1490. The van der Waals surface area contributed by atoms with Gasteiger partial charge in [0.25, 0.3) is 5.91 Å². The van der Waals surface area contributed by atoms with Crippen LogP contribution in [-0.4, -0.2) is 25.8 Å². The Morgan fingerprint density at radius 3 is 2.17 bits per heavy atom. The van der Waals surface area contributed by atoms with Crippen LogP contribution in [0.3, 0.4) is 0 Å². The lowest BCUT2D eigenvalue weighted by Crippen LogP contribution is -2.11. The normalized spacial score (nSPS) is 10.6. The zero-order valence-corrected chi connectivity index (χ0v) is 20.5. The van der Waals surface area contributed by atoms with E-state index in [9.17, 15) is 4.79 Å². The Labute approximate surface area is 212 Å². The van der Waals surface area contributed by atoms with Gasteiger partial charge in [-0.1, -0.05) is 36.4 Å². The largest absolute Gasteiger partial charge is 0.340 e. The highest BCUT2D eigenvalue weighted by molar-refractivity contribution is 7.17. The predicted octanol–water partition coefficient (Wildman–Crippen LogP) is 6.35. The third kappa shape index (κ3) is 5.53. The second-order valence-electron chi connectivity index (χ2n) is 7.98. The van der Waals surface area contributed by atoms with Crippen LogP contribution < -0.4 is 16.0 Å². The lowest BCUT2D eigenvalue weighted by atomic mass is 10.2. The van der Waals surface area contributed by atoms with Gasteiger partial charge in [0.15, 0.2) is 0 Å². The van der Waals surface area contributed by atoms with Gasteiger partial charge in [-0.05, 0) is 50.2 Å². The van der Waals surface area contributed by atoms with E-state index in [1.54, 1.807) is 6.20 Å². The van der Waals surface area contributed by atoms with Gasteiger partial charge in [0.2, 0.25) is 0 Å². The number of hydrogen-bond acceptors (Lipinski definition) is 8. The van der Waals surface area contributed by atoms with E-state index in [2.05, 4.69) is 35.9 Å². The molecule has 36 heavy (non-hydrogen) atoms. The van der Waals surface area contributed by atoms with Crippen molar-refractivity contribution in [3.8, 4) is 10.6 Å². The maximum Gasteiger partial charge on any atom is 0.267 e. The molecule has 178 valence electrons. The van der Waals surface area contributed by atoms with E-state index in [1.165, 1.54) is 11.3 Å². The first kappa shape index (κ1) is 23.1. The number of amides is 1. The van der Waals surface area contributed by atoms with E-state index < -0.39 is 0 Å². The number of carbonyl (C=O) groups excluding carboxylic acids is 1. The highest BCUT2D eigenvalue weighted by atomic mass is 32.1. The molecule has 3 aromatic heterocycles. The Morgan fingerprint density at radius 2 is 1.44 bits per heavy atom. The summed E-state index contributed by atoms with van der Waals surface area (Å²) in [6.45, 7) is 3.68. The summed E-state index contributed by atoms with van der Waals surface area (Å²) < 4.78 is 0. The number of carbonyl (C=O) groups is 1. The average Bonchev–Trinajstić information content (AvgIpc) is 3.28. The predicted molar refractivity (Wildman–Crippen MR) is 144 cm³/mol. The van der Waals surface area contributed by atoms with Crippen LogP contribution in [0.5, 0.6) is 0 Å². The molecule has 0 saturated carbocycles. The van der Waals surface area contributed by atoms with Gasteiger partial charge in [-0.25, -0.2) is 19.9 Å². The zero-order chi connectivity index (χ0) is 24.9. The molecule has 0 saturated heterocycles. The molecule has 9 heteroatoms. The number of rotatable bonds is 7. The highest BCUT2D eigenvalue weighted by Crippen LogP contribution is 2.28. The molecule has 1 amide bonds. The van der Waals surface area contributed by atoms with Gasteiger partial charge in [-0.15, -0.1) is 11.3 Å². The maximum atomic E-state index is 12.9. The lowest BCUT2D eigenvalue weighted by molar-refractivity contribution is 0.103. The first-order chi connectivity index (χ1) is 17.5. The number of thiazole rings is 1. The molecular weight excluding hydrogens is 470 g/mol. The standard InChI is InChI=1S/C27H23N7OS/c1-17-25(36-27(29-17)19-8-4-3-5-9-19)26(35)33-21-13-11-20(12-14-21)32-23-16-24(31-18(2)30-23)34-22-10-6-7-15-28-22/h3-16H,1-2H3,(H,33,35)(H2,28,30,31,32,34). The van der Waals surface area contributed by atoms with Crippen LogP contribution in [0.4, 0.5) is 28.8 Å². The smallest absolute Gasteiger partial charge is 0.267 e. The Balaban J connectivity index is 1.25. The van der Waals surface area contributed by atoms with E-state index in [0.29, 0.717) is 39.5 Å². The molecule has 0 radical (unpaired) electrons. The fourth-order valence-corrected chi connectivity index (χ4v) is 4.51. The molecule has 0 bridgehead atoms. The summed E-state index contributed by atoms with van der Waals surface area (Å²) in [6, 6.07) is 24.8. The molecule has 5 aromatic rings. The molecular formula is C27H23N7OS. The molecule has 0 spiro atoms. The summed E-state index contributed by atoms with van der Waals surface area (Å²) in [4.78, 5) is 31.2. The van der Waals surface area contributed by atoms with Crippen molar-refractivity contribution in [1.82, 2.24) is 19.9 Å². The maximum absolute atomic E-state index is 12.9. The minimum atomic E-state index is -0.176. The van der Waals surface area contributed by atoms with E-state index in [-0.39, 0.29) is 5.91 Å². The van der Waals surface area contributed by atoms with Crippen LogP contribution in [0.1, 0.15) is 21.2 Å². The molecule has 3 N–H and O–H groups in total.